The first-order chi connectivity index (χ1) is 14.9. The molecule has 1 amide bonds. The molecule has 31 heavy (non-hydrogen) atoms. The average Bonchev–Trinajstić information content (AvgIpc) is 3.14. The second-order valence-corrected chi connectivity index (χ2v) is 7.79. The number of para-hydroxylation sites is 1. The van der Waals surface area contributed by atoms with Gasteiger partial charge in [-0.1, -0.05) is 29.8 Å². The first kappa shape index (κ1) is 22.4. The molecular weight excluding hydrogens is 486 g/mol. The minimum absolute atomic E-state index is 0.0823. The van der Waals surface area contributed by atoms with Crippen LogP contribution in [0.2, 0.25) is 5.02 Å². The Morgan fingerprint density at radius 3 is 2.81 bits per heavy atom. The summed E-state index contributed by atoms with van der Waals surface area (Å²) in [6.07, 6.45) is 3.92. The van der Waals surface area contributed by atoms with Crippen molar-refractivity contribution < 1.29 is 19.4 Å². The van der Waals surface area contributed by atoms with E-state index in [0.29, 0.717) is 23.0 Å². The fraction of sp³-hybridized carbons (Fsp3) is 0.136. The van der Waals surface area contributed by atoms with Gasteiger partial charge in [-0.25, -0.2) is 4.79 Å². The number of nitrogens with one attached hydrogen (secondary N) is 2. The number of carboxylic acids is 1. The minimum Gasteiger partial charge on any atom is -0.479 e. The molecular formula is C22H17BrClN3O4. The number of carbonyl (C=O) groups is 2. The third kappa shape index (κ3) is 5.66. The Balaban J connectivity index is 1.67. The van der Waals surface area contributed by atoms with E-state index in [0.717, 1.165) is 16.5 Å². The van der Waals surface area contributed by atoms with Crippen molar-refractivity contribution in [3.8, 4) is 11.8 Å². The lowest BCUT2D eigenvalue weighted by Gasteiger charge is -2.09. The van der Waals surface area contributed by atoms with Gasteiger partial charge in [-0.2, -0.15) is 5.26 Å². The zero-order valence-corrected chi connectivity index (χ0v) is 18.5. The van der Waals surface area contributed by atoms with Crippen LogP contribution in [0, 0.1) is 11.3 Å². The predicted molar refractivity (Wildman–Crippen MR) is 121 cm³/mol. The van der Waals surface area contributed by atoms with E-state index in [9.17, 15) is 14.9 Å². The number of rotatable bonds is 8. The van der Waals surface area contributed by atoms with Crippen LogP contribution >= 0.6 is 27.5 Å². The lowest BCUT2D eigenvalue weighted by molar-refractivity contribution is -0.139. The molecule has 0 atom stereocenters. The Labute approximate surface area is 191 Å². The van der Waals surface area contributed by atoms with Crippen LogP contribution in [0.5, 0.6) is 5.75 Å². The van der Waals surface area contributed by atoms with Gasteiger partial charge in [-0.15, -0.1) is 0 Å². The van der Waals surface area contributed by atoms with Gasteiger partial charge in [0.15, 0.2) is 12.4 Å². The van der Waals surface area contributed by atoms with Crippen LogP contribution in [-0.2, 0) is 16.0 Å². The molecule has 0 saturated carbocycles. The number of amides is 1. The number of halogens is 2. The van der Waals surface area contributed by atoms with Gasteiger partial charge in [0.25, 0.3) is 5.91 Å². The van der Waals surface area contributed by atoms with Crippen molar-refractivity contribution >= 4 is 56.4 Å². The van der Waals surface area contributed by atoms with E-state index in [1.54, 1.807) is 6.07 Å². The van der Waals surface area contributed by atoms with E-state index in [-0.39, 0.29) is 16.3 Å². The van der Waals surface area contributed by atoms with Gasteiger partial charge in [0, 0.05) is 23.6 Å². The highest BCUT2D eigenvalue weighted by Crippen LogP contribution is 2.35. The fourth-order valence-electron chi connectivity index (χ4n) is 2.99. The number of ether oxygens (including phenoxy) is 1. The zero-order chi connectivity index (χ0) is 22.4. The molecule has 3 N–H and O–H groups in total. The second kappa shape index (κ2) is 10.2. The number of H-pyrrole nitrogens is 1. The Kier molecular flexibility index (Phi) is 7.34. The van der Waals surface area contributed by atoms with Gasteiger partial charge in [0.1, 0.15) is 11.6 Å². The molecule has 0 aliphatic carbocycles. The number of hydrogen-bond donors (Lipinski definition) is 3. The van der Waals surface area contributed by atoms with Crippen molar-refractivity contribution in [3.05, 3.63) is 68.8 Å². The number of aromatic amines is 1. The van der Waals surface area contributed by atoms with Gasteiger partial charge in [-0.3, -0.25) is 4.79 Å². The van der Waals surface area contributed by atoms with Gasteiger partial charge in [0.05, 0.1) is 9.50 Å². The summed E-state index contributed by atoms with van der Waals surface area (Å²) in [6, 6.07) is 12.9. The molecule has 1 aromatic heterocycles. The van der Waals surface area contributed by atoms with Crippen LogP contribution in [-0.4, -0.2) is 35.1 Å². The number of benzene rings is 2. The van der Waals surface area contributed by atoms with E-state index in [4.69, 9.17) is 21.4 Å². The van der Waals surface area contributed by atoms with Crippen LogP contribution in [0.3, 0.4) is 0 Å². The first-order valence-corrected chi connectivity index (χ1v) is 10.3. The molecule has 158 valence electrons. The molecule has 1 heterocycles. The zero-order valence-electron chi connectivity index (χ0n) is 16.1. The summed E-state index contributed by atoms with van der Waals surface area (Å²) in [5, 5.41) is 22.1. The molecule has 0 fully saturated rings. The molecule has 9 heteroatoms. The van der Waals surface area contributed by atoms with Crippen molar-refractivity contribution in [2.45, 2.75) is 6.42 Å². The summed E-state index contributed by atoms with van der Waals surface area (Å²) in [5.41, 5.74) is 2.51. The normalized spacial score (nSPS) is 11.2. The maximum Gasteiger partial charge on any atom is 0.341 e. The van der Waals surface area contributed by atoms with Crippen molar-refractivity contribution in [2.24, 2.45) is 0 Å². The second-order valence-electron chi connectivity index (χ2n) is 6.53. The fourth-order valence-corrected chi connectivity index (χ4v) is 3.98. The van der Waals surface area contributed by atoms with E-state index in [1.807, 2.05) is 36.5 Å². The summed E-state index contributed by atoms with van der Waals surface area (Å²) in [5.74, 6) is -1.47. The summed E-state index contributed by atoms with van der Waals surface area (Å²) < 4.78 is 5.54. The monoisotopic (exact) mass is 501 g/mol. The van der Waals surface area contributed by atoms with E-state index < -0.39 is 18.5 Å². The minimum atomic E-state index is -1.14. The molecule has 3 aromatic rings. The third-order valence-corrected chi connectivity index (χ3v) is 5.26. The molecule has 0 unspecified atom stereocenters. The Hall–Kier alpha value is -3.28. The van der Waals surface area contributed by atoms with Crippen LogP contribution < -0.4 is 10.1 Å². The van der Waals surface area contributed by atoms with Gasteiger partial charge < -0.3 is 20.1 Å². The number of aliphatic carboxylic acids is 1. The number of aromatic nitrogens is 1. The van der Waals surface area contributed by atoms with Gasteiger partial charge in [-0.05, 0) is 57.8 Å². The standard InChI is InChI=1S/C22H17BrClN3O4/c23-17-8-13(9-18(24)21(17)31-12-20(28)29)7-15(10-25)22(30)26-6-5-14-11-27-19-4-2-1-3-16(14)19/h1-4,7-9,11,27H,5-6,12H2,(H,26,30)(H,28,29). The third-order valence-electron chi connectivity index (χ3n) is 4.39. The quantitative estimate of drug-likeness (QED) is 0.314. The lowest BCUT2D eigenvalue weighted by atomic mass is 10.1. The number of nitrogens with zero attached hydrogens (tertiary/aromatic N) is 1. The smallest absolute Gasteiger partial charge is 0.341 e. The van der Waals surface area contributed by atoms with Gasteiger partial charge in [0.2, 0.25) is 0 Å². The number of carboxylic acid groups (broad SMARTS) is 1. The lowest BCUT2D eigenvalue weighted by Crippen LogP contribution is -2.26. The topological polar surface area (TPSA) is 115 Å². The molecule has 0 aliphatic rings. The summed E-state index contributed by atoms with van der Waals surface area (Å²) >= 11 is 9.41. The Bertz CT molecular complexity index is 1190. The summed E-state index contributed by atoms with van der Waals surface area (Å²) in [7, 11) is 0. The van der Waals surface area contributed by atoms with Crippen molar-refractivity contribution in [3.63, 3.8) is 0 Å². The highest BCUT2D eigenvalue weighted by atomic mass is 79.9. The number of carbonyl (C=O) groups excluding carboxylic acids is 1. The van der Waals surface area contributed by atoms with Crippen LogP contribution in [0.25, 0.3) is 17.0 Å². The molecule has 0 bridgehead atoms. The Morgan fingerprint density at radius 2 is 2.10 bits per heavy atom. The summed E-state index contributed by atoms with van der Waals surface area (Å²) in [6.45, 7) is -0.179. The molecule has 3 rings (SSSR count). The molecule has 0 spiro atoms. The molecule has 2 aromatic carbocycles. The number of nitriles is 1. The number of hydrogen-bond acceptors (Lipinski definition) is 4. The Morgan fingerprint density at radius 1 is 1.32 bits per heavy atom. The van der Waals surface area contributed by atoms with Gasteiger partial charge >= 0.3 is 5.97 Å². The summed E-state index contributed by atoms with van der Waals surface area (Å²) in [4.78, 5) is 26.3. The maximum atomic E-state index is 12.4. The SMILES string of the molecule is N#CC(=Cc1cc(Cl)c(OCC(=O)O)c(Br)c1)C(=O)NCCc1c[nH]c2ccccc12. The van der Waals surface area contributed by atoms with Crippen molar-refractivity contribution in [2.75, 3.05) is 13.2 Å². The van der Waals surface area contributed by atoms with Crippen molar-refractivity contribution in [1.82, 2.24) is 10.3 Å². The first-order valence-electron chi connectivity index (χ1n) is 9.17. The molecule has 0 radical (unpaired) electrons. The number of fused-ring (bicyclic) bond motifs is 1. The largest absolute Gasteiger partial charge is 0.479 e. The van der Waals surface area contributed by atoms with Crippen LogP contribution in [0.15, 0.2) is 52.6 Å². The van der Waals surface area contributed by atoms with E-state index in [2.05, 4.69) is 26.2 Å². The van der Waals surface area contributed by atoms with E-state index in [1.165, 1.54) is 12.1 Å². The van der Waals surface area contributed by atoms with Crippen LogP contribution in [0.1, 0.15) is 11.1 Å². The highest BCUT2D eigenvalue weighted by molar-refractivity contribution is 9.10. The molecule has 0 aliphatic heterocycles. The average molecular weight is 503 g/mol. The van der Waals surface area contributed by atoms with Crippen molar-refractivity contribution in [1.29, 1.82) is 5.26 Å². The maximum absolute atomic E-state index is 12.4. The van der Waals surface area contributed by atoms with E-state index >= 15 is 0 Å². The molecule has 0 saturated heterocycles. The highest BCUT2D eigenvalue weighted by Gasteiger charge is 2.13. The van der Waals surface area contributed by atoms with Crippen LogP contribution in [0.4, 0.5) is 0 Å². The predicted octanol–water partition coefficient (Wildman–Crippen LogP) is 4.31. The molecule has 7 nitrogen and oxygen atoms in total.